The van der Waals surface area contributed by atoms with Gasteiger partial charge in [0.1, 0.15) is 6.61 Å². The van der Waals surface area contributed by atoms with E-state index in [1.54, 1.807) is 21.6 Å². The molecule has 1 aromatic carbocycles. The molecule has 3 rings (SSSR count). The third-order valence-corrected chi connectivity index (χ3v) is 5.39. The molecule has 1 N–H and O–H groups in total. The van der Waals surface area contributed by atoms with Gasteiger partial charge >= 0.3 is 12.1 Å². The molecule has 2 saturated heterocycles. The summed E-state index contributed by atoms with van der Waals surface area (Å²) in [6, 6.07) is 8.44. The van der Waals surface area contributed by atoms with Crippen LogP contribution in [0.4, 0.5) is 9.59 Å². The summed E-state index contributed by atoms with van der Waals surface area (Å²) >= 11 is 1.80. The summed E-state index contributed by atoms with van der Waals surface area (Å²) in [5.41, 5.74) is 1.26. The third-order valence-electron chi connectivity index (χ3n) is 4.29. The van der Waals surface area contributed by atoms with Crippen molar-refractivity contribution in [2.45, 2.75) is 24.3 Å². The van der Waals surface area contributed by atoms with Gasteiger partial charge in [-0.1, -0.05) is 17.7 Å². The smallest absolute Gasteiger partial charge is 0.410 e. The Bertz CT molecular complexity index is 593. The molecule has 1 aromatic rings. The quantitative estimate of drug-likeness (QED) is 0.655. The highest BCUT2D eigenvalue weighted by molar-refractivity contribution is 7.99. The highest BCUT2D eigenvalue weighted by Crippen LogP contribution is 2.19. The number of carbonyl (C=O) groups is 2. The summed E-state index contributed by atoms with van der Waals surface area (Å²) in [6.07, 6.45) is 0.670. The number of piperazine rings is 1. The van der Waals surface area contributed by atoms with Crippen LogP contribution in [-0.4, -0.2) is 66.5 Å². The molecule has 0 bridgehead atoms. The second-order valence-corrected chi connectivity index (χ2v) is 7.29. The van der Waals surface area contributed by atoms with Gasteiger partial charge in [-0.3, -0.25) is 4.90 Å². The number of cyclic esters (lactones) is 1. The summed E-state index contributed by atoms with van der Waals surface area (Å²) < 4.78 is 5.02. The molecule has 1 atom stereocenters. The number of nitrogens with zero attached hydrogens (tertiary/aromatic N) is 2. The van der Waals surface area contributed by atoms with Crippen LogP contribution in [0.5, 0.6) is 0 Å². The molecular weight excluding hydrogens is 326 g/mol. The number of benzene rings is 1. The predicted molar refractivity (Wildman–Crippen MR) is 93.3 cm³/mol. The third kappa shape index (κ3) is 4.14. The lowest BCUT2D eigenvalue weighted by molar-refractivity contribution is 0.127. The van der Waals surface area contributed by atoms with Crippen molar-refractivity contribution in [1.29, 1.82) is 0 Å². The zero-order chi connectivity index (χ0) is 16.9. The van der Waals surface area contributed by atoms with E-state index in [0.717, 1.165) is 12.2 Å². The van der Waals surface area contributed by atoms with Crippen molar-refractivity contribution in [3.8, 4) is 0 Å². The number of rotatable bonds is 5. The van der Waals surface area contributed by atoms with Crippen molar-refractivity contribution in [3.63, 3.8) is 0 Å². The minimum atomic E-state index is -0.256. The number of aryl methyl sites for hydroxylation is 1. The number of thioether (sulfide) groups is 1. The van der Waals surface area contributed by atoms with Crippen molar-refractivity contribution >= 4 is 23.9 Å². The van der Waals surface area contributed by atoms with Crippen molar-refractivity contribution < 1.29 is 14.3 Å². The van der Waals surface area contributed by atoms with Crippen LogP contribution < -0.4 is 5.32 Å². The lowest BCUT2D eigenvalue weighted by Gasteiger charge is -2.35. The SMILES string of the molecule is Cc1ccc(SCCCNC(=O)N2CCN3C(=O)OC[C@@H]3C2)cc1. The first kappa shape index (κ1) is 17.0. The molecule has 24 heavy (non-hydrogen) atoms. The number of ether oxygens (including phenoxy) is 1. The molecular formula is C17H23N3O3S. The van der Waals surface area contributed by atoms with Gasteiger partial charge in [-0.2, -0.15) is 0 Å². The molecule has 130 valence electrons. The maximum absolute atomic E-state index is 12.2. The standard InChI is InChI=1S/C17H23N3O3S/c1-13-3-5-15(6-4-13)24-10-2-7-18-16(21)19-8-9-20-14(11-19)12-23-17(20)22/h3-6,14H,2,7-12H2,1H3,(H,18,21)/t14-/m0/s1. The molecule has 3 amide bonds. The molecule has 2 aliphatic heterocycles. The van der Waals surface area contributed by atoms with E-state index in [4.69, 9.17) is 4.74 Å². The molecule has 0 spiro atoms. The number of hydrogen-bond donors (Lipinski definition) is 1. The monoisotopic (exact) mass is 349 g/mol. The van der Waals surface area contributed by atoms with Crippen LogP contribution in [0.15, 0.2) is 29.2 Å². The fourth-order valence-corrected chi connectivity index (χ4v) is 3.73. The van der Waals surface area contributed by atoms with Crippen molar-refractivity contribution in [2.24, 2.45) is 0 Å². The molecule has 0 unspecified atom stereocenters. The molecule has 2 fully saturated rings. The van der Waals surface area contributed by atoms with Gasteiger partial charge in [0.25, 0.3) is 0 Å². The van der Waals surface area contributed by atoms with E-state index < -0.39 is 0 Å². The zero-order valence-electron chi connectivity index (χ0n) is 13.9. The van der Waals surface area contributed by atoms with Gasteiger partial charge in [0, 0.05) is 31.1 Å². The van der Waals surface area contributed by atoms with Gasteiger partial charge in [-0.25, -0.2) is 9.59 Å². The average Bonchev–Trinajstić information content (AvgIpc) is 2.96. The Morgan fingerprint density at radius 3 is 2.92 bits per heavy atom. The van der Waals surface area contributed by atoms with Crippen LogP contribution in [-0.2, 0) is 4.74 Å². The molecule has 0 aliphatic carbocycles. The molecule has 0 saturated carbocycles. The van der Waals surface area contributed by atoms with Crippen LogP contribution in [0.3, 0.4) is 0 Å². The second-order valence-electron chi connectivity index (χ2n) is 6.12. The lowest BCUT2D eigenvalue weighted by Crippen LogP contribution is -2.56. The van der Waals surface area contributed by atoms with Crippen molar-refractivity contribution in [2.75, 3.05) is 38.5 Å². The molecule has 2 heterocycles. The van der Waals surface area contributed by atoms with Crippen LogP contribution in [0.1, 0.15) is 12.0 Å². The lowest BCUT2D eigenvalue weighted by atomic mass is 10.2. The Morgan fingerprint density at radius 1 is 1.33 bits per heavy atom. The molecule has 7 heteroatoms. The fraction of sp³-hybridized carbons (Fsp3) is 0.529. The summed E-state index contributed by atoms with van der Waals surface area (Å²) in [6.45, 7) is 4.80. The Hall–Kier alpha value is -1.89. The van der Waals surface area contributed by atoms with Gasteiger partial charge in [-0.15, -0.1) is 11.8 Å². The normalized spacial score (nSPS) is 19.9. The molecule has 6 nitrogen and oxygen atoms in total. The van der Waals surface area contributed by atoms with E-state index in [2.05, 4.69) is 36.5 Å². The minimum absolute atomic E-state index is 0.00842. The molecule has 0 aromatic heterocycles. The Labute approximate surface area is 146 Å². The van der Waals surface area contributed by atoms with Crippen LogP contribution >= 0.6 is 11.8 Å². The van der Waals surface area contributed by atoms with Gasteiger partial charge in [0.05, 0.1) is 6.04 Å². The number of amides is 3. The van der Waals surface area contributed by atoms with Crippen LogP contribution in [0.2, 0.25) is 0 Å². The first-order valence-electron chi connectivity index (χ1n) is 8.29. The van der Waals surface area contributed by atoms with Gasteiger partial charge in [-0.05, 0) is 31.2 Å². The van der Waals surface area contributed by atoms with E-state index in [-0.39, 0.29) is 18.2 Å². The van der Waals surface area contributed by atoms with Crippen molar-refractivity contribution in [1.82, 2.24) is 15.1 Å². The predicted octanol–water partition coefficient (Wildman–Crippen LogP) is 2.32. The van der Waals surface area contributed by atoms with Crippen LogP contribution in [0, 0.1) is 6.92 Å². The maximum Gasteiger partial charge on any atom is 0.410 e. The van der Waals surface area contributed by atoms with Gasteiger partial charge < -0.3 is 15.0 Å². The summed E-state index contributed by atoms with van der Waals surface area (Å²) in [5.74, 6) is 0.974. The number of carbonyl (C=O) groups excluding carboxylic acids is 2. The first-order valence-corrected chi connectivity index (χ1v) is 9.27. The van der Waals surface area contributed by atoms with Gasteiger partial charge in [0.15, 0.2) is 0 Å². The van der Waals surface area contributed by atoms with E-state index in [1.807, 2.05) is 0 Å². The Kier molecular flexibility index (Phi) is 5.50. The number of hydrogen-bond acceptors (Lipinski definition) is 4. The molecule has 2 aliphatic rings. The van der Waals surface area contributed by atoms with E-state index in [9.17, 15) is 9.59 Å². The topological polar surface area (TPSA) is 61.9 Å². The Balaban J connectivity index is 1.33. The summed E-state index contributed by atoms with van der Waals surface area (Å²) in [4.78, 5) is 28.4. The van der Waals surface area contributed by atoms with E-state index in [0.29, 0.717) is 32.8 Å². The number of fused-ring (bicyclic) bond motifs is 1. The first-order chi connectivity index (χ1) is 11.6. The highest BCUT2D eigenvalue weighted by atomic mass is 32.2. The number of urea groups is 1. The molecule has 0 radical (unpaired) electrons. The highest BCUT2D eigenvalue weighted by Gasteiger charge is 2.38. The summed E-state index contributed by atoms with van der Waals surface area (Å²) in [5, 5.41) is 2.97. The largest absolute Gasteiger partial charge is 0.447 e. The average molecular weight is 349 g/mol. The van der Waals surface area contributed by atoms with Gasteiger partial charge in [0.2, 0.25) is 0 Å². The fourth-order valence-electron chi connectivity index (χ4n) is 2.88. The second kappa shape index (κ2) is 7.79. The summed E-state index contributed by atoms with van der Waals surface area (Å²) in [7, 11) is 0. The maximum atomic E-state index is 12.2. The van der Waals surface area contributed by atoms with Crippen LogP contribution in [0.25, 0.3) is 0 Å². The number of nitrogens with one attached hydrogen (secondary N) is 1. The van der Waals surface area contributed by atoms with Crippen molar-refractivity contribution in [3.05, 3.63) is 29.8 Å². The minimum Gasteiger partial charge on any atom is -0.447 e. The van der Waals surface area contributed by atoms with E-state index >= 15 is 0 Å². The van der Waals surface area contributed by atoms with E-state index in [1.165, 1.54) is 10.5 Å². The Morgan fingerprint density at radius 2 is 2.12 bits per heavy atom. The zero-order valence-corrected chi connectivity index (χ0v) is 14.7.